The van der Waals surface area contributed by atoms with Crippen LogP contribution in [0.1, 0.15) is 21.1 Å². The topological polar surface area (TPSA) is 52.1 Å². The fraction of sp³-hybridized carbons (Fsp3) is 0.364. The van der Waals surface area contributed by atoms with Gasteiger partial charge in [-0.1, -0.05) is 11.3 Å². The van der Waals surface area contributed by atoms with Crippen LogP contribution in [-0.4, -0.2) is 15.3 Å². The highest BCUT2D eigenvalue weighted by Crippen LogP contribution is 2.30. The van der Waals surface area contributed by atoms with Gasteiger partial charge in [0.1, 0.15) is 0 Å². The number of nitrogens with zero attached hydrogens (tertiary/aromatic N) is 2. The Morgan fingerprint density at radius 3 is 2.17 bits per heavy atom. The molecule has 0 atom stereocenters. The minimum absolute atomic E-state index is 0.391. The predicted molar refractivity (Wildman–Crippen MR) is 75.1 cm³/mol. The van der Waals surface area contributed by atoms with Crippen LogP contribution in [0.15, 0.2) is 4.34 Å². The Labute approximate surface area is 117 Å². The monoisotopic (exact) mass is 300 g/mol. The zero-order chi connectivity index (χ0) is 13.3. The second-order valence-corrected chi connectivity index (χ2v) is 7.25. The highest BCUT2D eigenvalue weighted by Gasteiger charge is 2.14. The van der Waals surface area contributed by atoms with Crippen LogP contribution in [0.2, 0.25) is 0 Å². The molecule has 0 aliphatic carbocycles. The Kier molecular flexibility index (Phi) is 4.04. The smallest absolute Gasteiger partial charge is 0.381 e. The van der Waals surface area contributed by atoms with Crippen LogP contribution in [-0.2, 0) is 0 Å². The molecule has 0 unspecified atom stereocenters. The number of thiazole rings is 2. The first-order chi connectivity index (χ1) is 8.45. The number of rotatable bonds is 2. The molecule has 0 amide bonds. The molecule has 2 aromatic rings. The van der Waals surface area contributed by atoms with Gasteiger partial charge in [-0.25, -0.2) is 14.8 Å². The lowest BCUT2D eigenvalue weighted by molar-refractivity contribution is 0.227. The van der Waals surface area contributed by atoms with Crippen LogP contribution in [0.25, 0.3) is 0 Å². The summed E-state index contributed by atoms with van der Waals surface area (Å²) in [6, 6.07) is 0. The molecule has 4 nitrogen and oxygen atoms in total. The van der Waals surface area contributed by atoms with E-state index in [0.29, 0.717) is 9.53 Å². The maximum absolute atomic E-state index is 11.7. The summed E-state index contributed by atoms with van der Waals surface area (Å²) in [6.45, 7) is 7.75. The van der Waals surface area contributed by atoms with Gasteiger partial charge in [-0.2, -0.15) is 0 Å². The highest BCUT2D eigenvalue weighted by atomic mass is 32.2. The van der Waals surface area contributed by atoms with Gasteiger partial charge in [0.25, 0.3) is 5.19 Å². The third kappa shape index (κ3) is 3.09. The number of hydrogen-bond donors (Lipinski definition) is 0. The number of carbonyl (C=O) groups excluding carboxylic acids is 1. The van der Waals surface area contributed by atoms with Gasteiger partial charge in [-0.15, -0.1) is 11.3 Å². The van der Waals surface area contributed by atoms with Crippen molar-refractivity contribution in [2.24, 2.45) is 0 Å². The van der Waals surface area contributed by atoms with Gasteiger partial charge in [0, 0.05) is 21.5 Å². The summed E-state index contributed by atoms with van der Waals surface area (Å²) in [6.07, 6.45) is 0. The molecule has 0 aliphatic rings. The third-order valence-corrected chi connectivity index (χ3v) is 5.19. The van der Waals surface area contributed by atoms with Gasteiger partial charge in [0.05, 0.1) is 11.4 Å². The third-order valence-electron chi connectivity index (χ3n) is 2.36. The Morgan fingerprint density at radius 2 is 1.67 bits per heavy atom. The number of aromatic nitrogens is 2. The molecule has 0 radical (unpaired) electrons. The first kappa shape index (κ1) is 13.5. The molecule has 0 aromatic carbocycles. The van der Waals surface area contributed by atoms with E-state index in [1.165, 1.54) is 22.7 Å². The molecule has 96 valence electrons. The summed E-state index contributed by atoms with van der Waals surface area (Å²) in [5.74, 6) is 0. The standard InChI is InChI=1S/C11H12N2O2S3/c1-5-7(3)16-9(12-5)15-11(14)18-10-13-6(2)8(4)17-10/h1-4H3. The first-order valence-corrected chi connectivity index (χ1v) is 7.68. The van der Waals surface area contributed by atoms with E-state index in [1.54, 1.807) is 0 Å². The van der Waals surface area contributed by atoms with Crippen molar-refractivity contribution >= 4 is 39.7 Å². The van der Waals surface area contributed by atoms with Gasteiger partial charge in [-0.05, 0) is 27.7 Å². The molecule has 2 aromatic heterocycles. The van der Waals surface area contributed by atoms with E-state index in [-0.39, 0.29) is 0 Å². The fourth-order valence-corrected chi connectivity index (χ4v) is 3.77. The van der Waals surface area contributed by atoms with Crippen LogP contribution in [0.5, 0.6) is 5.19 Å². The van der Waals surface area contributed by atoms with E-state index >= 15 is 0 Å². The van der Waals surface area contributed by atoms with Crippen molar-refractivity contribution in [2.75, 3.05) is 0 Å². The Morgan fingerprint density at radius 1 is 1.06 bits per heavy atom. The van der Waals surface area contributed by atoms with Crippen molar-refractivity contribution in [3.8, 4) is 5.19 Å². The van der Waals surface area contributed by atoms with E-state index in [0.717, 1.165) is 32.9 Å². The normalized spacial score (nSPS) is 10.7. The van der Waals surface area contributed by atoms with Crippen molar-refractivity contribution < 1.29 is 9.53 Å². The summed E-state index contributed by atoms with van der Waals surface area (Å²) in [7, 11) is 0. The molecule has 7 heteroatoms. The summed E-state index contributed by atoms with van der Waals surface area (Å²) >= 11 is 3.87. The second-order valence-electron chi connectivity index (χ2n) is 3.70. The van der Waals surface area contributed by atoms with E-state index in [4.69, 9.17) is 4.74 Å². The Balaban J connectivity index is 2.00. The second kappa shape index (κ2) is 5.38. The molecular formula is C11H12N2O2S3. The minimum atomic E-state index is -0.391. The maximum Gasteiger partial charge on any atom is 0.381 e. The average Bonchev–Trinajstić information content (AvgIpc) is 2.72. The van der Waals surface area contributed by atoms with Crippen molar-refractivity contribution in [2.45, 2.75) is 32.0 Å². The van der Waals surface area contributed by atoms with Crippen LogP contribution >= 0.6 is 34.4 Å². The maximum atomic E-state index is 11.7. The molecule has 0 aliphatic heterocycles. The quantitative estimate of drug-likeness (QED) is 0.616. The van der Waals surface area contributed by atoms with Crippen molar-refractivity contribution in [3.63, 3.8) is 0 Å². The molecule has 0 spiro atoms. The number of aryl methyl sites for hydroxylation is 4. The Hall–Kier alpha value is -0.920. The van der Waals surface area contributed by atoms with Crippen LogP contribution in [0.3, 0.4) is 0 Å². The minimum Gasteiger partial charge on any atom is -0.389 e. The van der Waals surface area contributed by atoms with Crippen molar-refractivity contribution in [1.29, 1.82) is 0 Å². The lowest BCUT2D eigenvalue weighted by atomic mass is 10.4. The summed E-state index contributed by atoms with van der Waals surface area (Å²) in [5.41, 5.74) is 1.85. The SMILES string of the molecule is Cc1nc(OC(=O)Sc2nc(C)c(C)s2)sc1C. The zero-order valence-corrected chi connectivity index (χ0v) is 12.9. The molecule has 2 heterocycles. The van der Waals surface area contributed by atoms with Gasteiger partial charge < -0.3 is 4.74 Å². The Bertz CT molecular complexity index is 500. The van der Waals surface area contributed by atoms with E-state index in [2.05, 4.69) is 9.97 Å². The fourth-order valence-electron chi connectivity index (χ4n) is 1.14. The summed E-state index contributed by atoms with van der Waals surface area (Å²) in [5, 5.41) is 0.00463. The van der Waals surface area contributed by atoms with Crippen LogP contribution in [0, 0.1) is 27.7 Å². The number of hydrogen-bond acceptors (Lipinski definition) is 7. The van der Waals surface area contributed by atoms with Gasteiger partial charge >= 0.3 is 5.30 Å². The molecule has 0 fully saturated rings. The lowest BCUT2D eigenvalue weighted by Gasteiger charge is -1.96. The van der Waals surface area contributed by atoms with E-state index < -0.39 is 5.30 Å². The lowest BCUT2D eigenvalue weighted by Crippen LogP contribution is -1.99. The summed E-state index contributed by atoms with van der Waals surface area (Å²) in [4.78, 5) is 22.3. The van der Waals surface area contributed by atoms with Gasteiger partial charge in [0.2, 0.25) is 0 Å². The first-order valence-electron chi connectivity index (χ1n) is 5.23. The number of thioether (sulfide) groups is 1. The van der Waals surface area contributed by atoms with Crippen molar-refractivity contribution in [3.05, 3.63) is 21.1 Å². The zero-order valence-electron chi connectivity index (χ0n) is 10.4. The molecule has 2 rings (SSSR count). The largest absolute Gasteiger partial charge is 0.389 e. The van der Waals surface area contributed by atoms with E-state index in [1.807, 2.05) is 27.7 Å². The van der Waals surface area contributed by atoms with Crippen LogP contribution < -0.4 is 4.74 Å². The molecular weight excluding hydrogens is 288 g/mol. The van der Waals surface area contributed by atoms with Crippen molar-refractivity contribution in [1.82, 2.24) is 9.97 Å². The average molecular weight is 300 g/mol. The van der Waals surface area contributed by atoms with Gasteiger partial charge in [-0.3, -0.25) is 0 Å². The van der Waals surface area contributed by atoms with Crippen LogP contribution in [0.4, 0.5) is 4.79 Å². The van der Waals surface area contributed by atoms with Gasteiger partial charge in [0.15, 0.2) is 4.34 Å². The molecule has 0 saturated carbocycles. The molecule has 18 heavy (non-hydrogen) atoms. The molecule has 0 bridgehead atoms. The highest BCUT2D eigenvalue weighted by molar-refractivity contribution is 8.14. The molecule has 0 N–H and O–H groups in total. The number of carbonyl (C=O) groups is 1. The van der Waals surface area contributed by atoms with E-state index in [9.17, 15) is 4.79 Å². The predicted octanol–water partition coefficient (Wildman–Crippen LogP) is 4.12. The number of ether oxygens (including phenoxy) is 1. The summed E-state index contributed by atoms with van der Waals surface area (Å²) < 4.78 is 5.88. The molecule has 0 saturated heterocycles.